The normalized spacial score (nSPS) is 14.4. The van der Waals surface area contributed by atoms with Gasteiger partial charge in [0.1, 0.15) is 5.75 Å². The second-order valence-electron chi connectivity index (χ2n) is 5.87. The number of aryl methyl sites for hydroxylation is 1. The number of ether oxygens (including phenoxy) is 2. The lowest BCUT2D eigenvalue weighted by Gasteiger charge is -2.15. The standard InChI is InChI=1S/C19H29N3O2.HI/c1-4-20-19(21-10-7-16-8-11-24-12-9-16)22-14-17-6-5-15(2)13-18(17)23-3;/h5-6,8,13H,4,7,9-12,14H2,1-3H3,(H2,20,21,22);1H. The van der Waals surface area contributed by atoms with Gasteiger partial charge in [0.25, 0.3) is 0 Å². The Hall–Kier alpha value is -1.28. The first-order chi connectivity index (χ1) is 11.7. The molecule has 0 fully saturated rings. The van der Waals surface area contributed by atoms with E-state index in [1.54, 1.807) is 7.11 Å². The van der Waals surface area contributed by atoms with Crippen LogP contribution in [-0.2, 0) is 11.3 Å². The van der Waals surface area contributed by atoms with Gasteiger partial charge in [0.05, 0.1) is 26.9 Å². The van der Waals surface area contributed by atoms with E-state index in [2.05, 4.69) is 47.7 Å². The first kappa shape index (κ1) is 21.8. The molecule has 0 spiro atoms. The van der Waals surface area contributed by atoms with Crippen molar-refractivity contribution in [3.05, 3.63) is 41.0 Å². The summed E-state index contributed by atoms with van der Waals surface area (Å²) in [6.45, 7) is 8.03. The third-order valence-corrected chi connectivity index (χ3v) is 3.99. The van der Waals surface area contributed by atoms with Gasteiger partial charge in [0, 0.05) is 18.7 Å². The number of rotatable bonds is 7. The lowest BCUT2D eigenvalue weighted by atomic mass is 10.1. The zero-order valence-corrected chi connectivity index (χ0v) is 17.8. The van der Waals surface area contributed by atoms with Gasteiger partial charge in [-0.05, 0) is 38.3 Å². The summed E-state index contributed by atoms with van der Waals surface area (Å²) in [7, 11) is 1.70. The van der Waals surface area contributed by atoms with Crippen LogP contribution in [0.4, 0.5) is 0 Å². The molecule has 0 bridgehead atoms. The van der Waals surface area contributed by atoms with Crippen LogP contribution >= 0.6 is 24.0 Å². The molecule has 0 amide bonds. The number of guanidine groups is 1. The zero-order chi connectivity index (χ0) is 17.2. The number of nitrogens with one attached hydrogen (secondary N) is 2. The van der Waals surface area contributed by atoms with Crippen molar-refractivity contribution in [3.63, 3.8) is 0 Å². The van der Waals surface area contributed by atoms with Crippen LogP contribution in [0.1, 0.15) is 30.9 Å². The van der Waals surface area contributed by atoms with E-state index in [0.29, 0.717) is 6.54 Å². The van der Waals surface area contributed by atoms with E-state index >= 15 is 0 Å². The molecular weight excluding hydrogens is 429 g/mol. The molecule has 2 N–H and O–H groups in total. The zero-order valence-electron chi connectivity index (χ0n) is 15.4. The molecule has 0 aromatic heterocycles. The van der Waals surface area contributed by atoms with Crippen LogP contribution in [0.5, 0.6) is 5.75 Å². The Kier molecular flexibility index (Phi) is 10.6. The van der Waals surface area contributed by atoms with E-state index in [0.717, 1.165) is 56.4 Å². The maximum atomic E-state index is 5.45. The van der Waals surface area contributed by atoms with E-state index in [1.165, 1.54) is 11.1 Å². The van der Waals surface area contributed by atoms with E-state index in [1.807, 2.05) is 6.07 Å². The van der Waals surface area contributed by atoms with Gasteiger partial charge in [0.2, 0.25) is 0 Å². The molecule has 1 aliphatic heterocycles. The number of benzene rings is 1. The highest BCUT2D eigenvalue weighted by atomic mass is 127. The average molecular weight is 459 g/mol. The Balaban J connectivity index is 0.00000312. The first-order valence-electron chi connectivity index (χ1n) is 8.64. The smallest absolute Gasteiger partial charge is 0.191 e. The minimum atomic E-state index is 0. The minimum Gasteiger partial charge on any atom is -0.496 e. The van der Waals surface area contributed by atoms with Gasteiger partial charge in [-0.2, -0.15) is 0 Å². The van der Waals surface area contributed by atoms with Crippen LogP contribution in [0.25, 0.3) is 0 Å². The summed E-state index contributed by atoms with van der Waals surface area (Å²) in [4.78, 5) is 4.67. The lowest BCUT2D eigenvalue weighted by molar-refractivity contribution is 0.153. The Morgan fingerprint density at radius 1 is 1.32 bits per heavy atom. The molecule has 0 saturated carbocycles. The van der Waals surface area contributed by atoms with E-state index in [4.69, 9.17) is 9.47 Å². The highest BCUT2D eigenvalue weighted by Crippen LogP contribution is 2.20. The Bertz CT molecular complexity index is 588. The van der Waals surface area contributed by atoms with E-state index < -0.39 is 0 Å². The lowest BCUT2D eigenvalue weighted by Crippen LogP contribution is -2.38. The van der Waals surface area contributed by atoms with Crippen LogP contribution in [0.15, 0.2) is 34.8 Å². The van der Waals surface area contributed by atoms with E-state index in [9.17, 15) is 0 Å². The van der Waals surface area contributed by atoms with Gasteiger partial charge in [-0.3, -0.25) is 0 Å². The van der Waals surface area contributed by atoms with Gasteiger partial charge in [-0.25, -0.2) is 4.99 Å². The monoisotopic (exact) mass is 459 g/mol. The molecule has 0 saturated heterocycles. The largest absolute Gasteiger partial charge is 0.496 e. The molecule has 0 atom stereocenters. The molecule has 2 rings (SSSR count). The van der Waals surface area contributed by atoms with Crippen molar-refractivity contribution in [2.75, 3.05) is 33.4 Å². The van der Waals surface area contributed by atoms with Crippen molar-refractivity contribution >= 4 is 29.9 Å². The van der Waals surface area contributed by atoms with Gasteiger partial charge in [-0.15, -0.1) is 24.0 Å². The molecule has 0 radical (unpaired) electrons. The summed E-state index contributed by atoms with van der Waals surface area (Å²) in [6, 6.07) is 6.21. The second kappa shape index (κ2) is 12.1. The molecule has 1 heterocycles. The minimum absolute atomic E-state index is 0. The highest BCUT2D eigenvalue weighted by Gasteiger charge is 2.06. The second-order valence-corrected chi connectivity index (χ2v) is 5.87. The van der Waals surface area contributed by atoms with Crippen LogP contribution < -0.4 is 15.4 Å². The molecule has 0 unspecified atom stereocenters. The highest BCUT2D eigenvalue weighted by molar-refractivity contribution is 14.0. The van der Waals surface area contributed by atoms with E-state index in [-0.39, 0.29) is 24.0 Å². The van der Waals surface area contributed by atoms with Crippen LogP contribution in [0.2, 0.25) is 0 Å². The molecule has 25 heavy (non-hydrogen) atoms. The number of halogens is 1. The number of aliphatic imine (C=N–C) groups is 1. The number of hydrogen-bond acceptors (Lipinski definition) is 3. The summed E-state index contributed by atoms with van der Waals surface area (Å²) in [5, 5.41) is 6.70. The van der Waals surface area contributed by atoms with Crippen molar-refractivity contribution in [3.8, 4) is 5.75 Å². The Morgan fingerprint density at radius 2 is 2.16 bits per heavy atom. The molecule has 1 aromatic rings. The number of nitrogens with zero attached hydrogens (tertiary/aromatic N) is 1. The summed E-state index contributed by atoms with van der Waals surface area (Å²) in [5.74, 6) is 1.73. The van der Waals surface area contributed by atoms with Crippen molar-refractivity contribution in [2.24, 2.45) is 4.99 Å². The van der Waals surface area contributed by atoms with Gasteiger partial charge < -0.3 is 20.1 Å². The summed E-state index contributed by atoms with van der Waals surface area (Å²) in [5.41, 5.74) is 3.74. The average Bonchev–Trinajstić information content (AvgIpc) is 2.61. The quantitative estimate of drug-likeness (QED) is 0.284. The molecule has 6 heteroatoms. The third kappa shape index (κ3) is 7.64. The topological polar surface area (TPSA) is 54.9 Å². The SMILES string of the molecule is CCNC(=NCc1ccc(C)cc1OC)NCCC1=CCOCC1.I. The molecular formula is C19H30IN3O2. The molecule has 140 valence electrons. The summed E-state index contributed by atoms with van der Waals surface area (Å²) in [6.07, 6.45) is 4.25. The molecule has 0 aliphatic carbocycles. The fourth-order valence-electron chi connectivity index (χ4n) is 2.62. The van der Waals surface area contributed by atoms with Crippen molar-refractivity contribution in [1.82, 2.24) is 10.6 Å². The fourth-order valence-corrected chi connectivity index (χ4v) is 2.62. The molecule has 1 aromatic carbocycles. The van der Waals surface area contributed by atoms with Gasteiger partial charge in [0.15, 0.2) is 5.96 Å². The van der Waals surface area contributed by atoms with Crippen molar-refractivity contribution < 1.29 is 9.47 Å². The van der Waals surface area contributed by atoms with Gasteiger partial charge >= 0.3 is 0 Å². The van der Waals surface area contributed by atoms with Gasteiger partial charge in [-0.1, -0.05) is 23.8 Å². The van der Waals surface area contributed by atoms with Crippen molar-refractivity contribution in [1.29, 1.82) is 0 Å². The predicted octanol–water partition coefficient (Wildman–Crippen LogP) is 3.41. The predicted molar refractivity (Wildman–Crippen MR) is 114 cm³/mol. The summed E-state index contributed by atoms with van der Waals surface area (Å²) < 4.78 is 10.8. The van der Waals surface area contributed by atoms with Crippen molar-refractivity contribution in [2.45, 2.75) is 33.2 Å². The van der Waals surface area contributed by atoms with Crippen LogP contribution in [0, 0.1) is 6.92 Å². The summed E-state index contributed by atoms with van der Waals surface area (Å²) >= 11 is 0. The Labute approximate surface area is 168 Å². The van der Waals surface area contributed by atoms with Crippen LogP contribution in [0.3, 0.4) is 0 Å². The maximum Gasteiger partial charge on any atom is 0.191 e. The number of methoxy groups -OCH3 is 1. The Morgan fingerprint density at radius 3 is 2.84 bits per heavy atom. The third-order valence-electron chi connectivity index (χ3n) is 3.99. The fraction of sp³-hybridized carbons (Fsp3) is 0.526. The molecule has 1 aliphatic rings. The maximum absolute atomic E-state index is 5.45. The molecule has 5 nitrogen and oxygen atoms in total. The first-order valence-corrected chi connectivity index (χ1v) is 8.64. The number of hydrogen-bond donors (Lipinski definition) is 2. The van der Waals surface area contributed by atoms with Crippen LogP contribution in [-0.4, -0.2) is 39.4 Å².